The molecule has 0 amide bonds. The Kier molecular flexibility index (Phi) is 3.56. The van der Waals surface area contributed by atoms with Gasteiger partial charge in [-0.15, -0.1) is 0 Å². The molecule has 0 aromatic carbocycles. The summed E-state index contributed by atoms with van der Waals surface area (Å²) in [4.78, 5) is 5.72. The molecule has 3 heteroatoms. The first-order chi connectivity index (χ1) is 9.74. The largest absolute Gasteiger partial charge is 0.311 e. The number of nitrogens with zero attached hydrogens (tertiary/aromatic N) is 2. The number of piperazine rings is 1. The molecule has 4 rings (SSSR count). The van der Waals surface area contributed by atoms with Crippen molar-refractivity contribution in [1.82, 2.24) is 15.1 Å². The van der Waals surface area contributed by atoms with Gasteiger partial charge < -0.3 is 5.32 Å². The van der Waals surface area contributed by atoms with Gasteiger partial charge in [0.05, 0.1) is 0 Å². The van der Waals surface area contributed by atoms with Crippen LogP contribution in [0.4, 0.5) is 0 Å². The molecule has 4 aliphatic rings. The van der Waals surface area contributed by atoms with Crippen molar-refractivity contribution in [2.45, 2.75) is 70.1 Å². The summed E-state index contributed by atoms with van der Waals surface area (Å²) in [5.41, 5.74) is 0. The van der Waals surface area contributed by atoms with Gasteiger partial charge in [0, 0.05) is 43.8 Å². The zero-order chi connectivity index (χ0) is 13.7. The SMILES string of the molecule is CC(C)C1CNC(C2CC2)CN1C1CCN2CCCC12. The second-order valence-electron chi connectivity index (χ2n) is 7.96. The molecule has 0 radical (unpaired) electrons. The lowest BCUT2D eigenvalue weighted by molar-refractivity contribution is 0.0392. The Morgan fingerprint density at radius 2 is 1.85 bits per heavy atom. The van der Waals surface area contributed by atoms with Crippen molar-refractivity contribution in [3.63, 3.8) is 0 Å². The third kappa shape index (κ3) is 2.32. The highest BCUT2D eigenvalue weighted by Crippen LogP contribution is 2.38. The average molecular weight is 277 g/mol. The van der Waals surface area contributed by atoms with E-state index in [1.807, 2.05) is 0 Å². The minimum absolute atomic E-state index is 0.760. The van der Waals surface area contributed by atoms with Gasteiger partial charge >= 0.3 is 0 Å². The van der Waals surface area contributed by atoms with Crippen molar-refractivity contribution in [3.05, 3.63) is 0 Å². The second-order valence-corrected chi connectivity index (χ2v) is 7.96. The van der Waals surface area contributed by atoms with Crippen molar-refractivity contribution >= 4 is 0 Å². The van der Waals surface area contributed by atoms with E-state index in [1.165, 1.54) is 58.3 Å². The van der Waals surface area contributed by atoms with Gasteiger partial charge in [0.2, 0.25) is 0 Å². The summed E-state index contributed by atoms with van der Waals surface area (Å²) in [6.07, 6.45) is 7.25. The van der Waals surface area contributed by atoms with Crippen molar-refractivity contribution in [2.24, 2.45) is 11.8 Å². The van der Waals surface area contributed by atoms with Gasteiger partial charge in [-0.1, -0.05) is 13.8 Å². The van der Waals surface area contributed by atoms with Crippen LogP contribution in [-0.4, -0.2) is 60.1 Å². The summed E-state index contributed by atoms with van der Waals surface area (Å²) >= 11 is 0. The quantitative estimate of drug-likeness (QED) is 0.850. The van der Waals surface area contributed by atoms with Gasteiger partial charge in [-0.25, -0.2) is 0 Å². The van der Waals surface area contributed by atoms with Crippen LogP contribution < -0.4 is 5.32 Å². The molecule has 4 atom stereocenters. The van der Waals surface area contributed by atoms with Crippen molar-refractivity contribution in [2.75, 3.05) is 26.2 Å². The molecule has 0 aromatic rings. The third-order valence-electron chi connectivity index (χ3n) is 6.38. The minimum Gasteiger partial charge on any atom is -0.311 e. The molecule has 0 bridgehead atoms. The fourth-order valence-electron chi connectivity index (χ4n) is 5.07. The number of fused-ring (bicyclic) bond motifs is 1. The van der Waals surface area contributed by atoms with Crippen LogP contribution in [0.5, 0.6) is 0 Å². The number of hydrogen-bond donors (Lipinski definition) is 1. The predicted molar refractivity (Wildman–Crippen MR) is 82.8 cm³/mol. The maximum atomic E-state index is 3.87. The Labute approximate surface area is 124 Å². The van der Waals surface area contributed by atoms with Crippen molar-refractivity contribution in [1.29, 1.82) is 0 Å². The summed E-state index contributed by atoms with van der Waals surface area (Å²) in [6, 6.07) is 3.29. The van der Waals surface area contributed by atoms with Gasteiger partial charge in [-0.2, -0.15) is 0 Å². The minimum atomic E-state index is 0.760. The van der Waals surface area contributed by atoms with Gasteiger partial charge in [0.1, 0.15) is 0 Å². The third-order valence-corrected chi connectivity index (χ3v) is 6.38. The fourth-order valence-corrected chi connectivity index (χ4v) is 5.07. The summed E-state index contributed by atoms with van der Waals surface area (Å²) in [7, 11) is 0. The van der Waals surface area contributed by atoms with E-state index in [2.05, 4.69) is 29.0 Å². The molecular formula is C17H31N3. The molecule has 1 aliphatic carbocycles. The van der Waals surface area contributed by atoms with E-state index >= 15 is 0 Å². The van der Waals surface area contributed by atoms with Gasteiger partial charge in [0.15, 0.2) is 0 Å². The smallest absolute Gasteiger partial charge is 0.0268 e. The van der Waals surface area contributed by atoms with E-state index in [-0.39, 0.29) is 0 Å². The zero-order valence-corrected chi connectivity index (χ0v) is 13.2. The molecule has 4 fully saturated rings. The molecule has 3 heterocycles. The summed E-state index contributed by atoms with van der Waals surface area (Å²) in [6.45, 7) is 10.1. The zero-order valence-electron chi connectivity index (χ0n) is 13.2. The van der Waals surface area contributed by atoms with Crippen LogP contribution in [0.3, 0.4) is 0 Å². The van der Waals surface area contributed by atoms with E-state index < -0.39 is 0 Å². The van der Waals surface area contributed by atoms with E-state index in [0.717, 1.165) is 36.0 Å². The average Bonchev–Trinajstić information content (AvgIpc) is 3.05. The Hall–Kier alpha value is -0.120. The standard InChI is InChI=1S/C17H31N3/c1-12(2)17-10-18-14(13-5-6-13)11-20(17)16-7-9-19-8-3-4-15(16)19/h12-18H,3-11H2,1-2H3. The van der Waals surface area contributed by atoms with Crippen LogP contribution >= 0.6 is 0 Å². The normalized spacial score (nSPS) is 43.4. The molecule has 1 N–H and O–H groups in total. The van der Waals surface area contributed by atoms with Gasteiger partial charge in [-0.05, 0) is 50.5 Å². The molecule has 3 aliphatic heterocycles. The lowest BCUT2D eigenvalue weighted by Gasteiger charge is -2.47. The molecule has 3 nitrogen and oxygen atoms in total. The Morgan fingerprint density at radius 1 is 1.00 bits per heavy atom. The Morgan fingerprint density at radius 3 is 2.60 bits per heavy atom. The maximum Gasteiger partial charge on any atom is 0.0268 e. The fraction of sp³-hybridized carbons (Fsp3) is 1.00. The van der Waals surface area contributed by atoms with Crippen LogP contribution in [0, 0.1) is 11.8 Å². The molecular weight excluding hydrogens is 246 g/mol. The Balaban J connectivity index is 1.51. The number of hydrogen-bond acceptors (Lipinski definition) is 3. The van der Waals surface area contributed by atoms with Gasteiger partial charge in [0.25, 0.3) is 0 Å². The first kappa shape index (κ1) is 13.5. The van der Waals surface area contributed by atoms with Crippen LogP contribution in [0.25, 0.3) is 0 Å². The van der Waals surface area contributed by atoms with Gasteiger partial charge in [-0.3, -0.25) is 9.80 Å². The number of nitrogens with one attached hydrogen (secondary N) is 1. The van der Waals surface area contributed by atoms with E-state index in [1.54, 1.807) is 0 Å². The van der Waals surface area contributed by atoms with Crippen LogP contribution in [0.1, 0.15) is 46.0 Å². The summed E-state index contributed by atoms with van der Waals surface area (Å²) in [5.74, 6) is 1.77. The first-order valence-corrected chi connectivity index (χ1v) is 8.97. The molecule has 4 unspecified atom stereocenters. The monoisotopic (exact) mass is 277 g/mol. The highest BCUT2D eigenvalue weighted by molar-refractivity contribution is 5.03. The molecule has 0 aromatic heterocycles. The van der Waals surface area contributed by atoms with Crippen LogP contribution in [-0.2, 0) is 0 Å². The molecule has 20 heavy (non-hydrogen) atoms. The summed E-state index contributed by atoms with van der Waals surface area (Å²) < 4.78 is 0. The highest BCUT2D eigenvalue weighted by Gasteiger charge is 2.46. The van der Waals surface area contributed by atoms with E-state index in [0.29, 0.717) is 0 Å². The van der Waals surface area contributed by atoms with Crippen molar-refractivity contribution < 1.29 is 0 Å². The lowest BCUT2D eigenvalue weighted by atomic mass is 9.92. The van der Waals surface area contributed by atoms with Crippen molar-refractivity contribution in [3.8, 4) is 0 Å². The van der Waals surface area contributed by atoms with Crippen LogP contribution in [0.15, 0.2) is 0 Å². The molecule has 1 saturated carbocycles. The first-order valence-electron chi connectivity index (χ1n) is 8.97. The maximum absolute atomic E-state index is 3.87. The second kappa shape index (κ2) is 5.26. The molecule has 3 saturated heterocycles. The predicted octanol–water partition coefficient (Wildman–Crippen LogP) is 1.93. The Bertz CT molecular complexity index is 352. The van der Waals surface area contributed by atoms with Crippen LogP contribution in [0.2, 0.25) is 0 Å². The lowest BCUT2D eigenvalue weighted by Crippen LogP contribution is -2.63. The molecule has 0 spiro atoms. The van der Waals surface area contributed by atoms with E-state index in [9.17, 15) is 0 Å². The topological polar surface area (TPSA) is 18.5 Å². The molecule has 114 valence electrons. The summed E-state index contributed by atoms with van der Waals surface area (Å²) in [5, 5.41) is 3.87. The van der Waals surface area contributed by atoms with E-state index in [4.69, 9.17) is 0 Å². The highest BCUT2D eigenvalue weighted by atomic mass is 15.3. The number of rotatable bonds is 3.